The van der Waals surface area contributed by atoms with Crippen molar-refractivity contribution in [1.29, 1.82) is 0 Å². The Labute approximate surface area is 46.3 Å². The number of carbonyl (C=O) groups excluding carboxylic acids is 1. The molecule has 0 atom stereocenters. The van der Waals surface area contributed by atoms with Gasteiger partial charge in [0.15, 0.2) is 0 Å². The van der Waals surface area contributed by atoms with Crippen LogP contribution >= 0.6 is 11.8 Å². The molecule has 1 amide bonds. The number of hydrogen-bond acceptors (Lipinski definition) is 2. The van der Waals surface area contributed by atoms with Crippen molar-refractivity contribution in [2.75, 3.05) is 13.2 Å². The van der Waals surface area contributed by atoms with Gasteiger partial charge in [0.25, 0.3) is 5.91 Å². The number of hydrogen-bond donors (Lipinski definition) is 1. The van der Waals surface area contributed by atoms with Crippen molar-refractivity contribution in [2.24, 2.45) is 0 Å². The van der Waals surface area contributed by atoms with Gasteiger partial charge in [0.05, 0.1) is 13.2 Å². The third-order valence-electron chi connectivity index (χ3n) is 0.797. The average molecular weight is 121 g/mol. The van der Waals surface area contributed by atoms with Crippen LogP contribution in [0.2, 0.25) is 0 Å². The van der Waals surface area contributed by atoms with E-state index in [0.717, 1.165) is 4.42 Å². The van der Waals surface area contributed by atoms with Gasteiger partial charge in [0.2, 0.25) is 0 Å². The Morgan fingerprint density at radius 3 is 2.71 bits per heavy atom. The third kappa shape index (κ3) is 0.838. The van der Waals surface area contributed by atoms with Gasteiger partial charge in [0, 0.05) is 11.8 Å². The van der Waals surface area contributed by atoms with Crippen LogP contribution in [0.15, 0.2) is 0 Å². The Balaban J connectivity index is 2.48. The molecule has 0 aliphatic carbocycles. The van der Waals surface area contributed by atoms with Gasteiger partial charge in [-0.05, 0) is 0 Å². The number of nitrogens with zero attached hydrogens (tertiary/aromatic N) is 1. The number of carbonyl (C=O) groups is 1. The van der Waals surface area contributed by atoms with Crippen LogP contribution in [0.1, 0.15) is 0 Å². The van der Waals surface area contributed by atoms with E-state index >= 15 is 0 Å². The fourth-order valence-corrected chi connectivity index (χ4v) is 0.579. The highest BCUT2D eigenvalue weighted by Crippen LogP contribution is 1.96. The Kier molecular flexibility index (Phi) is 1.17. The maximum atomic E-state index is 10.3. The van der Waals surface area contributed by atoms with E-state index in [-0.39, 0.29) is 5.91 Å². The van der Waals surface area contributed by atoms with Crippen LogP contribution in [0.3, 0.4) is 0 Å². The van der Waals surface area contributed by atoms with E-state index in [1.54, 1.807) is 0 Å². The minimum absolute atomic E-state index is 0.0540. The van der Waals surface area contributed by atoms with Crippen LogP contribution in [0.5, 0.6) is 0 Å². The number of halogens is 1. The van der Waals surface area contributed by atoms with Crippen LogP contribution < -0.4 is 5.32 Å². The molecule has 1 heterocycles. The fourth-order valence-electron chi connectivity index (χ4n) is 0.435. The molecule has 7 heavy (non-hydrogen) atoms. The van der Waals surface area contributed by atoms with Crippen molar-refractivity contribution in [3.8, 4) is 0 Å². The van der Waals surface area contributed by atoms with Gasteiger partial charge >= 0.3 is 0 Å². The summed E-state index contributed by atoms with van der Waals surface area (Å²) < 4.78 is 1.12. The van der Waals surface area contributed by atoms with Gasteiger partial charge in [-0.15, -0.1) is 0 Å². The van der Waals surface area contributed by atoms with Crippen LogP contribution in [-0.4, -0.2) is 23.5 Å². The van der Waals surface area contributed by atoms with Crippen LogP contribution in [0.4, 0.5) is 0 Å². The lowest BCUT2D eigenvalue weighted by atomic mass is 10.7. The predicted molar refractivity (Wildman–Crippen MR) is 25.6 cm³/mol. The summed E-state index contributed by atoms with van der Waals surface area (Å²) in [6.07, 6.45) is 0. The molecule has 0 aromatic heterocycles. The molecular formula is C3H5ClN2O. The average Bonchev–Trinajstić information content (AvgIpc) is 1.91. The molecule has 0 aromatic carbocycles. The quantitative estimate of drug-likeness (QED) is 0.439. The van der Waals surface area contributed by atoms with E-state index in [9.17, 15) is 4.79 Å². The standard InChI is InChI=1S/C3H5ClN2O/c4-6-2-5-1-3(6)7/h5H,1-2H2. The first-order chi connectivity index (χ1) is 3.30. The zero-order valence-electron chi connectivity index (χ0n) is 3.65. The molecule has 0 saturated carbocycles. The molecule has 1 N–H and O–H groups in total. The van der Waals surface area contributed by atoms with Crippen molar-refractivity contribution < 1.29 is 4.79 Å². The molecule has 1 rings (SSSR count). The molecule has 1 aliphatic rings. The van der Waals surface area contributed by atoms with Crippen molar-refractivity contribution in [3.63, 3.8) is 0 Å². The normalized spacial score (nSPS) is 21.3. The van der Waals surface area contributed by atoms with Gasteiger partial charge in [0.1, 0.15) is 0 Å². The second-order valence-corrected chi connectivity index (χ2v) is 1.75. The zero-order chi connectivity index (χ0) is 5.28. The number of amides is 1. The summed E-state index contributed by atoms with van der Waals surface area (Å²) in [5, 5.41) is 2.77. The Bertz CT molecular complexity index is 94.9. The van der Waals surface area contributed by atoms with E-state index in [2.05, 4.69) is 5.32 Å². The fraction of sp³-hybridized carbons (Fsp3) is 0.667. The van der Waals surface area contributed by atoms with Gasteiger partial charge in [-0.3, -0.25) is 10.1 Å². The molecule has 0 unspecified atom stereocenters. The largest absolute Gasteiger partial charge is 0.290 e. The Hall–Kier alpha value is -0.280. The van der Waals surface area contributed by atoms with Crippen LogP contribution in [-0.2, 0) is 4.79 Å². The summed E-state index contributed by atoms with van der Waals surface area (Å²) in [7, 11) is 0. The molecule has 4 heteroatoms. The topological polar surface area (TPSA) is 32.3 Å². The second kappa shape index (κ2) is 1.68. The highest BCUT2D eigenvalue weighted by atomic mass is 35.5. The summed E-state index contributed by atoms with van der Waals surface area (Å²) in [5.74, 6) is -0.0540. The van der Waals surface area contributed by atoms with Crippen molar-refractivity contribution >= 4 is 17.7 Å². The monoisotopic (exact) mass is 120 g/mol. The van der Waals surface area contributed by atoms with Crippen molar-refractivity contribution in [1.82, 2.24) is 9.74 Å². The molecule has 40 valence electrons. The number of nitrogens with one attached hydrogen (secondary N) is 1. The molecule has 1 saturated heterocycles. The van der Waals surface area contributed by atoms with E-state index in [4.69, 9.17) is 11.8 Å². The SMILES string of the molecule is O=C1CNCN1Cl. The number of rotatable bonds is 0. The zero-order valence-corrected chi connectivity index (χ0v) is 4.40. The van der Waals surface area contributed by atoms with E-state index in [1.807, 2.05) is 0 Å². The molecule has 1 fully saturated rings. The molecule has 1 aliphatic heterocycles. The minimum atomic E-state index is -0.0540. The maximum Gasteiger partial charge on any atom is 0.252 e. The first-order valence-corrected chi connectivity index (χ1v) is 2.31. The maximum absolute atomic E-state index is 10.3. The molecule has 0 spiro atoms. The highest BCUT2D eigenvalue weighted by Gasteiger charge is 2.15. The molecule has 0 bridgehead atoms. The molecule has 0 radical (unpaired) electrons. The van der Waals surface area contributed by atoms with Crippen LogP contribution in [0, 0.1) is 0 Å². The Morgan fingerprint density at radius 1 is 1.86 bits per heavy atom. The second-order valence-electron chi connectivity index (χ2n) is 1.34. The van der Waals surface area contributed by atoms with E-state index in [0.29, 0.717) is 13.2 Å². The lowest BCUT2D eigenvalue weighted by Crippen LogP contribution is -2.13. The summed E-state index contributed by atoms with van der Waals surface area (Å²) >= 11 is 5.28. The summed E-state index contributed by atoms with van der Waals surface area (Å²) in [5.41, 5.74) is 0. The summed E-state index contributed by atoms with van der Waals surface area (Å²) in [6, 6.07) is 0. The van der Waals surface area contributed by atoms with Gasteiger partial charge in [-0.25, -0.2) is 4.42 Å². The Morgan fingerprint density at radius 2 is 2.57 bits per heavy atom. The highest BCUT2D eigenvalue weighted by molar-refractivity contribution is 6.22. The van der Waals surface area contributed by atoms with Crippen molar-refractivity contribution in [3.05, 3.63) is 0 Å². The molecule has 0 aromatic rings. The van der Waals surface area contributed by atoms with Crippen LogP contribution in [0.25, 0.3) is 0 Å². The lowest BCUT2D eigenvalue weighted by molar-refractivity contribution is -0.122. The van der Waals surface area contributed by atoms with Gasteiger partial charge in [-0.2, -0.15) is 0 Å². The van der Waals surface area contributed by atoms with E-state index in [1.165, 1.54) is 0 Å². The minimum Gasteiger partial charge on any atom is -0.290 e. The lowest BCUT2D eigenvalue weighted by Gasteiger charge is -1.97. The first-order valence-electron chi connectivity index (χ1n) is 1.97. The first kappa shape index (κ1) is 4.87. The van der Waals surface area contributed by atoms with Gasteiger partial charge in [-0.1, -0.05) is 0 Å². The molecular weight excluding hydrogens is 115 g/mol. The summed E-state index contributed by atoms with van der Waals surface area (Å²) in [4.78, 5) is 10.3. The predicted octanol–water partition coefficient (Wildman–Crippen LogP) is -0.470. The third-order valence-corrected chi connectivity index (χ3v) is 1.11. The molecule has 3 nitrogen and oxygen atoms in total. The van der Waals surface area contributed by atoms with Gasteiger partial charge < -0.3 is 0 Å². The van der Waals surface area contributed by atoms with E-state index < -0.39 is 0 Å². The van der Waals surface area contributed by atoms with Crippen molar-refractivity contribution in [2.45, 2.75) is 0 Å². The summed E-state index contributed by atoms with van der Waals surface area (Å²) in [6.45, 7) is 0.851. The smallest absolute Gasteiger partial charge is 0.252 e.